The lowest BCUT2D eigenvalue weighted by Crippen LogP contribution is -2.33. The van der Waals surface area contributed by atoms with Crippen LogP contribution in [0.3, 0.4) is 0 Å². The first kappa shape index (κ1) is 17.6. The van der Waals surface area contributed by atoms with Crippen LogP contribution in [0.15, 0.2) is 16.8 Å². The number of nitrogens with zero attached hydrogens (tertiary/aromatic N) is 6. The Balaban J connectivity index is 1.63. The van der Waals surface area contributed by atoms with Gasteiger partial charge in [0.2, 0.25) is 5.89 Å². The minimum atomic E-state index is 0.445. The molecule has 0 N–H and O–H groups in total. The molecule has 0 unspecified atom stereocenters. The third kappa shape index (κ3) is 4.27. The van der Waals surface area contributed by atoms with Crippen molar-refractivity contribution < 1.29 is 4.52 Å². The lowest BCUT2D eigenvalue weighted by molar-refractivity contribution is 0.209. The van der Waals surface area contributed by atoms with Crippen molar-refractivity contribution in [3.05, 3.63) is 34.6 Å². The highest BCUT2D eigenvalue weighted by molar-refractivity contribution is 6.33. The molecule has 1 aliphatic rings. The van der Waals surface area contributed by atoms with Gasteiger partial charge in [0.25, 0.3) is 0 Å². The molecular weight excluding hydrogens is 340 g/mol. The normalized spacial score (nSPS) is 18.2. The van der Waals surface area contributed by atoms with E-state index in [4.69, 9.17) is 21.4 Å². The number of hydrogen-bond acceptors (Lipinski definition) is 7. The van der Waals surface area contributed by atoms with Crippen LogP contribution in [0.25, 0.3) is 0 Å². The Labute approximate surface area is 152 Å². The monoisotopic (exact) mass is 360 g/mol. The van der Waals surface area contributed by atoms with Crippen molar-refractivity contribution in [1.29, 1.82) is 5.26 Å². The summed E-state index contributed by atoms with van der Waals surface area (Å²) in [4.78, 5) is 13.1. The van der Waals surface area contributed by atoms with Gasteiger partial charge in [-0.15, -0.1) is 0 Å². The van der Waals surface area contributed by atoms with E-state index in [1.807, 2.05) is 0 Å². The van der Waals surface area contributed by atoms with Crippen molar-refractivity contribution in [2.24, 2.45) is 0 Å². The van der Waals surface area contributed by atoms with E-state index in [9.17, 15) is 0 Å². The van der Waals surface area contributed by atoms with Gasteiger partial charge in [-0.25, -0.2) is 4.98 Å². The van der Waals surface area contributed by atoms with Crippen molar-refractivity contribution in [3.8, 4) is 6.07 Å². The van der Waals surface area contributed by atoms with Gasteiger partial charge in [-0.2, -0.15) is 10.2 Å². The molecule has 3 rings (SSSR count). The highest BCUT2D eigenvalue weighted by atomic mass is 35.5. The molecule has 25 heavy (non-hydrogen) atoms. The lowest BCUT2D eigenvalue weighted by atomic mass is 10.1. The van der Waals surface area contributed by atoms with Gasteiger partial charge in [0, 0.05) is 32.3 Å². The van der Waals surface area contributed by atoms with Crippen LogP contribution in [0.4, 0.5) is 5.82 Å². The molecule has 1 aliphatic heterocycles. The van der Waals surface area contributed by atoms with Crippen LogP contribution in [-0.4, -0.2) is 46.2 Å². The molecule has 2 aromatic heterocycles. The van der Waals surface area contributed by atoms with Crippen LogP contribution in [0.2, 0.25) is 5.02 Å². The highest BCUT2D eigenvalue weighted by Gasteiger charge is 2.23. The molecule has 0 aliphatic carbocycles. The van der Waals surface area contributed by atoms with E-state index in [1.54, 1.807) is 19.2 Å². The van der Waals surface area contributed by atoms with Gasteiger partial charge >= 0.3 is 0 Å². The number of hydrogen-bond donors (Lipinski definition) is 0. The maximum absolute atomic E-state index is 8.94. The van der Waals surface area contributed by atoms with Crippen LogP contribution in [0.1, 0.15) is 36.5 Å². The quantitative estimate of drug-likeness (QED) is 0.829. The molecule has 0 spiro atoms. The Hall–Kier alpha value is -2.17. The Morgan fingerprint density at radius 2 is 2.28 bits per heavy atom. The molecule has 8 heteroatoms. The third-order valence-electron chi connectivity index (χ3n) is 4.53. The smallest absolute Gasteiger partial charge is 0.223 e. The predicted molar refractivity (Wildman–Crippen MR) is 94.3 cm³/mol. The Morgan fingerprint density at radius 3 is 2.96 bits per heavy atom. The molecule has 7 nitrogen and oxygen atoms in total. The van der Waals surface area contributed by atoms with Crippen molar-refractivity contribution in [2.45, 2.75) is 38.8 Å². The summed E-state index contributed by atoms with van der Waals surface area (Å²) in [5, 5.41) is 13.4. The lowest BCUT2D eigenvalue weighted by Gasteiger charge is -2.26. The van der Waals surface area contributed by atoms with Gasteiger partial charge in [-0.3, -0.25) is 4.90 Å². The van der Waals surface area contributed by atoms with Crippen molar-refractivity contribution in [2.75, 3.05) is 25.0 Å². The summed E-state index contributed by atoms with van der Waals surface area (Å²) in [6.07, 6.45) is 4.73. The number of aromatic nitrogens is 3. The second-order valence-corrected chi connectivity index (χ2v) is 6.76. The molecule has 132 valence electrons. The molecule has 0 radical (unpaired) electrons. The summed E-state index contributed by atoms with van der Waals surface area (Å²) in [5.74, 6) is 2.08. The van der Waals surface area contributed by atoms with Gasteiger partial charge < -0.3 is 9.42 Å². The minimum Gasteiger partial charge on any atom is -0.355 e. The van der Waals surface area contributed by atoms with Gasteiger partial charge in [-0.1, -0.05) is 16.8 Å². The molecule has 1 fully saturated rings. The van der Waals surface area contributed by atoms with Crippen LogP contribution < -0.4 is 4.90 Å². The largest absolute Gasteiger partial charge is 0.355 e. The van der Waals surface area contributed by atoms with E-state index in [0.717, 1.165) is 44.0 Å². The summed E-state index contributed by atoms with van der Waals surface area (Å²) in [6.45, 7) is 4.26. The first-order chi connectivity index (χ1) is 12.1. The Morgan fingerprint density at radius 1 is 1.44 bits per heavy atom. The third-order valence-corrected chi connectivity index (χ3v) is 4.81. The fourth-order valence-corrected chi connectivity index (χ4v) is 3.50. The molecule has 0 amide bonds. The molecule has 0 aromatic carbocycles. The van der Waals surface area contributed by atoms with E-state index in [1.165, 1.54) is 0 Å². The zero-order chi connectivity index (χ0) is 17.8. The topological polar surface area (TPSA) is 82.1 Å². The summed E-state index contributed by atoms with van der Waals surface area (Å²) < 4.78 is 5.04. The summed E-state index contributed by atoms with van der Waals surface area (Å²) in [7, 11) is 2.10. The van der Waals surface area contributed by atoms with E-state index < -0.39 is 0 Å². The van der Waals surface area contributed by atoms with E-state index in [2.05, 4.69) is 38.0 Å². The first-order valence-corrected chi connectivity index (χ1v) is 8.74. The second-order valence-electron chi connectivity index (χ2n) is 6.36. The standard InChI is InChI=1S/C17H21ClN6O/c1-12-21-16(22-25-12)11-23(2)14-4-3-6-24(7-5-14)17-15(18)8-13(9-19)10-20-17/h8,10,14H,3-7,11H2,1-2H3/t14-/m1/s1. The molecule has 1 atom stereocenters. The number of aryl methyl sites for hydroxylation is 1. The zero-order valence-electron chi connectivity index (χ0n) is 14.4. The minimum absolute atomic E-state index is 0.445. The maximum Gasteiger partial charge on any atom is 0.223 e. The summed E-state index contributed by atoms with van der Waals surface area (Å²) in [6, 6.07) is 4.19. The van der Waals surface area contributed by atoms with Crippen LogP contribution in [0.5, 0.6) is 0 Å². The number of rotatable bonds is 4. The maximum atomic E-state index is 8.94. The molecule has 1 saturated heterocycles. The Bertz CT molecular complexity index is 771. The average molecular weight is 361 g/mol. The van der Waals surface area contributed by atoms with Crippen molar-refractivity contribution in [1.82, 2.24) is 20.0 Å². The number of nitriles is 1. The number of halogens is 1. The molecular formula is C17H21ClN6O. The second kappa shape index (κ2) is 7.81. The number of pyridine rings is 1. The highest BCUT2D eigenvalue weighted by Crippen LogP contribution is 2.27. The molecule has 0 saturated carbocycles. The fraction of sp³-hybridized carbons (Fsp3) is 0.529. The van der Waals surface area contributed by atoms with E-state index in [0.29, 0.717) is 29.1 Å². The van der Waals surface area contributed by atoms with Crippen LogP contribution in [-0.2, 0) is 6.54 Å². The first-order valence-electron chi connectivity index (χ1n) is 8.37. The van der Waals surface area contributed by atoms with Gasteiger partial charge in [0.15, 0.2) is 5.82 Å². The van der Waals surface area contributed by atoms with Gasteiger partial charge in [0.1, 0.15) is 11.9 Å². The van der Waals surface area contributed by atoms with Crippen LogP contribution >= 0.6 is 11.6 Å². The Kier molecular flexibility index (Phi) is 5.51. The van der Waals surface area contributed by atoms with Gasteiger partial charge in [0.05, 0.1) is 17.1 Å². The SMILES string of the molecule is Cc1nc(CN(C)[C@@H]2CCCN(c3ncc(C#N)cc3Cl)CC2)no1. The molecule has 0 bridgehead atoms. The van der Waals surface area contributed by atoms with Crippen LogP contribution in [0, 0.1) is 18.3 Å². The summed E-state index contributed by atoms with van der Waals surface area (Å²) >= 11 is 6.31. The van der Waals surface area contributed by atoms with Crippen molar-refractivity contribution in [3.63, 3.8) is 0 Å². The molecule has 3 heterocycles. The predicted octanol–water partition coefficient (Wildman–Crippen LogP) is 2.79. The van der Waals surface area contributed by atoms with Gasteiger partial charge in [-0.05, 0) is 32.4 Å². The zero-order valence-corrected chi connectivity index (χ0v) is 15.2. The fourth-order valence-electron chi connectivity index (χ4n) is 3.21. The average Bonchev–Trinajstić information content (AvgIpc) is 2.85. The van der Waals surface area contributed by atoms with E-state index in [-0.39, 0.29) is 0 Å². The summed E-state index contributed by atoms with van der Waals surface area (Å²) in [5.41, 5.74) is 0.483. The van der Waals surface area contributed by atoms with E-state index >= 15 is 0 Å². The molecule has 2 aromatic rings. The number of anilines is 1. The van der Waals surface area contributed by atoms with Crippen molar-refractivity contribution >= 4 is 17.4 Å².